The molecule has 4 rings (SSSR count). The monoisotopic (exact) mass is 454 g/mol. The molecule has 3 aromatic heterocycles. The molecule has 0 aliphatic carbocycles. The van der Waals surface area contributed by atoms with Gasteiger partial charge < -0.3 is 4.57 Å². The van der Waals surface area contributed by atoms with Gasteiger partial charge in [-0.05, 0) is 41.8 Å². The second kappa shape index (κ2) is 10.0. The second-order valence-electron chi connectivity index (χ2n) is 8.13. The highest BCUT2D eigenvalue weighted by Crippen LogP contribution is 2.31. The molecule has 3 heterocycles. The van der Waals surface area contributed by atoms with E-state index in [2.05, 4.69) is 37.6 Å². The molecule has 10 heteroatoms. The van der Waals surface area contributed by atoms with Gasteiger partial charge in [0.15, 0.2) is 0 Å². The first-order chi connectivity index (χ1) is 16.0. The Morgan fingerprint density at radius 3 is 2.52 bits per heavy atom. The summed E-state index contributed by atoms with van der Waals surface area (Å²) >= 11 is 0. The highest BCUT2D eigenvalue weighted by Gasteiger charge is 2.36. The van der Waals surface area contributed by atoms with Crippen LogP contribution in [0.4, 0.5) is 8.78 Å². The zero-order valence-electron chi connectivity index (χ0n) is 18.9. The summed E-state index contributed by atoms with van der Waals surface area (Å²) in [7, 11) is 0. The first kappa shape index (κ1) is 22.8. The number of nitrogens with zero attached hydrogens (tertiary/aromatic N) is 7. The van der Waals surface area contributed by atoms with E-state index < -0.39 is 5.92 Å². The van der Waals surface area contributed by atoms with Crippen LogP contribution in [0, 0.1) is 0 Å². The molecule has 0 unspecified atom stereocenters. The lowest BCUT2D eigenvalue weighted by Crippen LogP contribution is -2.16. The summed E-state index contributed by atoms with van der Waals surface area (Å²) < 4.78 is 32.8. The van der Waals surface area contributed by atoms with Crippen molar-refractivity contribution in [1.82, 2.24) is 40.0 Å². The van der Waals surface area contributed by atoms with Crippen LogP contribution in [0.3, 0.4) is 0 Å². The predicted molar refractivity (Wildman–Crippen MR) is 120 cm³/mol. The number of hydrogen-bond acceptors (Lipinski definition) is 5. The van der Waals surface area contributed by atoms with Gasteiger partial charge in [0.05, 0.1) is 6.54 Å². The van der Waals surface area contributed by atoms with Gasteiger partial charge in [0.1, 0.15) is 5.82 Å². The van der Waals surface area contributed by atoms with Crippen LogP contribution >= 0.6 is 0 Å². The number of benzene rings is 1. The fourth-order valence-corrected chi connectivity index (χ4v) is 3.61. The third-order valence-electron chi connectivity index (χ3n) is 5.54. The maximum Gasteiger partial charge on any atom is 0.308 e. The van der Waals surface area contributed by atoms with Gasteiger partial charge in [-0.25, -0.2) is 9.67 Å². The summed E-state index contributed by atoms with van der Waals surface area (Å²) in [6.45, 7) is 4.37. The summed E-state index contributed by atoms with van der Waals surface area (Å²) in [5, 5.41) is 18.2. The molecule has 8 nitrogen and oxygen atoms in total. The summed E-state index contributed by atoms with van der Waals surface area (Å²) in [4.78, 5) is 4.24. The van der Waals surface area contributed by atoms with E-state index in [0.717, 1.165) is 29.7 Å². The predicted octanol–water partition coefficient (Wildman–Crippen LogP) is 4.92. The molecule has 0 spiro atoms. The van der Waals surface area contributed by atoms with Crippen molar-refractivity contribution in [3.63, 3.8) is 0 Å². The van der Waals surface area contributed by atoms with Crippen molar-refractivity contribution >= 4 is 0 Å². The number of H-pyrrole nitrogens is 1. The van der Waals surface area contributed by atoms with E-state index in [0.29, 0.717) is 37.5 Å². The number of aryl methyl sites for hydroxylation is 1. The molecular weight excluding hydrogens is 426 g/mol. The Balaban J connectivity index is 1.52. The molecule has 0 saturated heterocycles. The van der Waals surface area contributed by atoms with Crippen molar-refractivity contribution in [2.45, 2.75) is 64.8 Å². The highest BCUT2D eigenvalue weighted by atomic mass is 19.3. The van der Waals surface area contributed by atoms with Crippen molar-refractivity contribution in [1.29, 1.82) is 0 Å². The number of alkyl halides is 2. The van der Waals surface area contributed by atoms with Gasteiger partial charge in [0.25, 0.3) is 0 Å². The number of tetrazole rings is 1. The van der Waals surface area contributed by atoms with Crippen molar-refractivity contribution in [2.24, 2.45) is 0 Å². The normalized spacial score (nSPS) is 11.9. The number of unbranched alkanes of at least 4 members (excludes halogenated alkanes) is 2. The molecule has 0 bridgehead atoms. The minimum absolute atomic E-state index is 0.224. The Hall–Kier alpha value is -3.43. The Morgan fingerprint density at radius 1 is 1.03 bits per heavy atom. The third kappa shape index (κ3) is 5.32. The third-order valence-corrected chi connectivity index (χ3v) is 5.54. The molecule has 1 aromatic carbocycles. The lowest BCUT2D eigenvalue weighted by atomic mass is 10.1. The van der Waals surface area contributed by atoms with E-state index in [9.17, 15) is 8.78 Å². The molecule has 0 atom stereocenters. The number of rotatable bonds is 11. The van der Waals surface area contributed by atoms with Crippen LogP contribution in [0.5, 0.6) is 0 Å². The minimum atomic E-state index is -3.00. The van der Waals surface area contributed by atoms with Crippen LogP contribution in [0.25, 0.3) is 17.1 Å². The van der Waals surface area contributed by atoms with Crippen LogP contribution < -0.4 is 0 Å². The largest absolute Gasteiger partial charge is 0.323 e. The summed E-state index contributed by atoms with van der Waals surface area (Å²) in [5.41, 5.74) is 2.79. The fraction of sp³-hybridized carbons (Fsp3) is 0.435. The number of nitrogens with one attached hydrogen (secondary N) is 1. The average molecular weight is 455 g/mol. The topological polar surface area (TPSA) is 90.1 Å². The lowest BCUT2D eigenvalue weighted by Gasteiger charge is -2.11. The number of halogens is 2. The molecule has 0 aliphatic heterocycles. The van der Waals surface area contributed by atoms with Gasteiger partial charge in [0.2, 0.25) is 11.6 Å². The summed E-state index contributed by atoms with van der Waals surface area (Å²) in [6, 6.07) is 9.82. The quantitative estimate of drug-likeness (QED) is 0.347. The maximum absolute atomic E-state index is 14.6. The summed E-state index contributed by atoms with van der Waals surface area (Å²) in [5.74, 6) is -2.22. The number of aromatic nitrogens is 8. The zero-order valence-corrected chi connectivity index (χ0v) is 18.9. The number of aromatic amines is 1. The van der Waals surface area contributed by atoms with Crippen molar-refractivity contribution in [3.8, 4) is 17.1 Å². The highest BCUT2D eigenvalue weighted by molar-refractivity contribution is 5.54. The standard InChI is InChI=1S/C23H28F2N8/c1-3-5-7-20-26-22(23(24,25)13-6-4-2)29-33(20)15-17-8-10-19(11-9-17)32-14-12-18(16-32)21-27-30-31-28-21/h8-12,14,16H,3-7,13,15H2,1-2H3,(H,27,28,30,31). The molecule has 174 valence electrons. The zero-order chi connectivity index (χ0) is 23.3. The van der Waals surface area contributed by atoms with Gasteiger partial charge in [0, 0.05) is 36.5 Å². The van der Waals surface area contributed by atoms with E-state index >= 15 is 0 Å². The Morgan fingerprint density at radius 2 is 1.82 bits per heavy atom. The van der Waals surface area contributed by atoms with E-state index in [-0.39, 0.29) is 12.2 Å². The molecule has 0 radical (unpaired) electrons. The van der Waals surface area contributed by atoms with E-state index in [4.69, 9.17) is 0 Å². The minimum Gasteiger partial charge on any atom is -0.323 e. The molecule has 0 aliphatic rings. The van der Waals surface area contributed by atoms with Gasteiger partial charge in [-0.3, -0.25) is 0 Å². The fourth-order valence-electron chi connectivity index (χ4n) is 3.61. The Bertz CT molecular complexity index is 1150. The van der Waals surface area contributed by atoms with Crippen LogP contribution in [-0.2, 0) is 18.9 Å². The summed E-state index contributed by atoms with van der Waals surface area (Å²) in [6.07, 6.45) is 7.26. The van der Waals surface area contributed by atoms with Gasteiger partial charge in [-0.15, -0.1) is 15.3 Å². The van der Waals surface area contributed by atoms with Crippen LogP contribution in [-0.4, -0.2) is 40.0 Å². The molecule has 0 fully saturated rings. The van der Waals surface area contributed by atoms with Crippen molar-refractivity contribution in [3.05, 3.63) is 59.9 Å². The maximum atomic E-state index is 14.6. The van der Waals surface area contributed by atoms with E-state index in [1.54, 1.807) is 4.68 Å². The lowest BCUT2D eigenvalue weighted by molar-refractivity contribution is -0.0245. The smallest absolute Gasteiger partial charge is 0.308 e. The average Bonchev–Trinajstić information content (AvgIpc) is 3.58. The van der Waals surface area contributed by atoms with E-state index in [1.807, 2.05) is 54.2 Å². The Labute approximate surface area is 191 Å². The van der Waals surface area contributed by atoms with Gasteiger partial charge in [-0.1, -0.05) is 38.8 Å². The molecule has 0 saturated carbocycles. The first-order valence-corrected chi connectivity index (χ1v) is 11.3. The van der Waals surface area contributed by atoms with Gasteiger partial charge in [-0.2, -0.15) is 14.0 Å². The first-order valence-electron chi connectivity index (χ1n) is 11.3. The molecule has 1 N–H and O–H groups in total. The van der Waals surface area contributed by atoms with Crippen molar-refractivity contribution < 1.29 is 8.78 Å². The van der Waals surface area contributed by atoms with Crippen LogP contribution in [0.15, 0.2) is 42.7 Å². The molecule has 0 amide bonds. The second-order valence-corrected chi connectivity index (χ2v) is 8.13. The molecular formula is C23H28F2N8. The molecule has 33 heavy (non-hydrogen) atoms. The SMILES string of the molecule is CCCCc1nc(C(F)(F)CCCC)nn1Cc1ccc(-n2ccc(-c3nn[nH]n3)c2)cc1. The van der Waals surface area contributed by atoms with Gasteiger partial charge >= 0.3 is 5.92 Å². The molecule has 4 aromatic rings. The number of hydrogen-bond donors (Lipinski definition) is 1. The van der Waals surface area contributed by atoms with Crippen LogP contribution in [0.1, 0.15) is 63.2 Å². The van der Waals surface area contributed by atoms with Crippen molar-refractivity contribution in [2.75, 3.05) is 0 Å². The Kier molecular flexibility index (Phi) is 6.90. The van der Waals surface area contributed by atoms with E-state index in [1.165, 1.54) is 0 Å². The van der Waals surface area contributed by atoms with Crippen LogP contribution in [0.2, 0.25) is 0 Å².